The van der Waals surface area contributed by atoms with Crippen LogP contribution in [0, 0.1) is 11.6 Å². The Morgan fingerprint density at radius 2 is 2.12 bits per heavy atom. The van der Waals surface area contributed by atoms with Crippen molar-refractivity contribution >= 4 is 11.3 Å². The van der Waals surface area contributed by atoms with Gasteiger partial charge in [-0.25, -0.2) is 8.78 Å². The summed E-state index contributed by atoms with van der Waals surface area (Å²) >= 11 is 1.55. The zero-order valence-electron chi connectivity index (χ0n) is 8.99. The summed E-state index contributed by atoms with van der Waals surface area (Å²) in [7, 11) is 0. The molecule has 0 saturated heterocycles. The minimum atomic E-state index is -0.570. The summed E-state index contributed by atoms with van der Waals surface area (Å²) in [5.41, 5.74) is 4.09. The zero-order chi connectivity index (χ0) is 12.3. The molecule has 1 atom stereocenters. The van der Waals surface area contributed by atoms with E-state index in [0.29, 0.717) is 12.0 Å². The van der Waals surface area contributed by atoms with Crippen LogP contribution in [0.15, 0.2) is 35.0 Å². The fraction of sp³-hybridized carbons (Fsp3) is 0.167. The largest absolute Gasteiger partial charge is 0.271 e. The van der Waals surface area contributed by atoms with Gasteiger partial charge in [0.25, 0.3) is 0 Å². The van der Waals surface area contributed by atoms with Crippen molar-refractivity contribution in [2.45, 2.75) is 12.5 Å². The summed E-state index contributed by atoms with van der Waals surface area (Å²) in [6, 6.07) is 5.34. The van der Waals surface area contributed by atoms with Crippen LogP contribution in [0.4, 0.5) is 8.78 Å². The van der Waals surface area contributed by atoms with E-state index in [-0.39, 0.29) is 6.04 Å². The van der Waals surface area contributed by atoms with Gasteiger partial charge in [0.1, 0.15) is 11.6 Å². The number of halogens is 2. The van der Waals surface area contributed by atoms with Gasteiger partial charge in [0.2, 0.25) is 0 Å². The molecule has 0 radical (unpaired) electrons. The number of hydrogen-bond acceptors (Lipinski definition) is 3. The first kappa shape index (κ1) is 12.2. The van der Waals surface area contributed by atoms with E-state index in [1.165, 1.54) is 12.1 Å². The molecule has 1 aromatic carbocycles. The van der Waals surface area contributed by atoms with Crippen LogP contribution in [0.5, 0.6) is 0 Å². The lowest BCUT2D eigenvalue weighted by molar-refractivity contribution is 0.523. The topological polar surface area (TPSA) is 38.0 Å². The van der Waals surface area contributed by atoms with Crippen LogP contribution in [0.1, 0.15) is 17.2 Å². The maximum Gasteiger partial charge on any atom is 0.129 e. The molecule has 3 N–H and O–H groups in total. The van der Waals surface area contributed by atoms with Crippen molar-refractivity contribution < 1.29 is 8.78 Å². The van der Waals surface area contributed by atoms with Crippen LogP contribution >= 0.6 is 11.3 Å². The number of rotatable bonds is 4. The summed E-state index contributed by atoms with van der Waals surface area (Å²) in [4.78, 5) is 0. The van der Waals surface area contributed by atoms with Crippen LogP contribution in [0.3, 0.4) is 0 Å². The first-order valence-corrected chi connectivity index (χ1v) is 6.07. The van der Waals surface area contributed by atoms with E-state index in [9.17, 15) is 8.78 Å². The highest BCUT2D eigenvalue weighted by Gasteiger charge is 2.13. The van der Waals surface area contributed by atoms with Crippen LogP contribution in [0.25, 0.3) is 0 Å². The third-order valence-electron chi connectivity index (χ3n) is 2.59. The Labute approximate surface area is 102 Å². The van der Waals surface area contributed by atoms with Gasteiger partial charge in [-0.2, -0.15) is 11.3 Å². The third-order valence-corrected chi connectivity index (χ3v) is 3.29. The lowest BCUT2D eigenvalue weighted by Gasteiger charge is -2.15. The summed E-state index contributed by atoms with van der Waals surface area (Å²) < 4.78 is 26.2. The van der Waals surface area contributed by atoms with Crippen LogP contribution < -0.4 is 11.3 Å². The predicted molar refractivity (Wildman–Crippen MR) is 64.4 cm³/mol. The average molecular weight is 254 g/mol. The molecule has 0 spiro atoms. The Hall–Kier alpha value is -1.30. The van der Waals surface area contributed by atoms with E-state index in [0.717, 1.165) is 11.6 Å². The van der Waals surface area contributed by atoms with Gasteiger partial charge >= 0.3 is 0 Å². The predicted octanol–water partition coefficient (Wildman–Crippen LogP) is 2.77. The minimum Gasteiger partial charge on any atom is -0.271 e. The number of nitrogens with one attached hydrogen (secondary N) is 1. The number of benzene rings is 1. The Kier molecular flexibility index (Phi) is 3.83. The van der Waals surface area contributed by atoms with Crippen molar-refractivity contribution in [2.75, 3.05) is 0 Å². The average Bonchev–Trinajstić information content (AvgIpc) is 2.81. The van der Waals surface area contributed by atoms with Gasteiger partial charge < -0.3 is 0 Å². The number of hydrazine groups is 1. The van der Waals surface area contributed by atoms with Crippen molar-refractivity contribution in [2.24, 2.45) is 5.84 Å². The van der Waals surface area contributed by atoms with Gasteiger partial charge in [-0.1, -0.05) is 6.07 Å². The van der Waals surface area contributed by atoms with E-state index >= 15 is 0 Å². The molecular weight excluding hydrogens is 242 g/mol. The summed E-state index contributed by atoms with van der Waals surface area (Å²) in [6.07, 6.45) is 0.388. The second-order valence-corrected chi connectivity index (χ2v) is 4.50. The SMILES string of the molecule is NNC(Cc1ccc(F)cc1F)c1ccsc1. The normalized spacial score (nSPS) is 12.6. The molecule has 0 aliphatic rings. The molecule has 0 aliphatic heterocycles. The molecule has 2 aromatic rings. The Balaban J connectivity index is 2.19. The number of hydrogen-bond donors (Lipinski definition) is 2. The third kappa shape index (κ3) is 2.88. The number of thiophene rings is 1. The minimum absolute atomic E-state index is 0.166. The van der Waals surface area contributed by atoms with Gasteiger partial charge in [0.15, 0.2) is 0 Å². The molecule has 0 aliphatic carbocycles. The highest BCUT2D eigenvalue weighted by Crippen LogP contribution is 2.21. The molecular formula is C12H12F2N2S. The smallest absolute Gasteiger partial charge is 0.129 e. The highest BCUT2D eigenvalue weighted by atomic mass is 32.1. The van der Waals surface area contributed by atoms with E-state index in [1.54, 1.807) is 11.3 Å². The highest BCUT2D eigenvalue weighted by molar-refractivity contribution is 7.07. The summed E-state index contributed by atoms with van der Waals surface area (Å²) in [5.74, 6) is 4.34. The maximum absolute atomic E-state index is 13.5. The van der Waals surface area contributed by atoms with Crippen LogP contribution in [0.2, 0.25) is 0 Å². The van der Waals surface area contributed by atoms with Crippen molar-refractivity contribution in [3.05, 3.63) is 57.8 Å². The monoisotopic (exact) mass is 254 g/mol. The van der Waals surface area contributed by atoms with E-state index < -0.39 is 11.6 Å². The van der Waals surface area contributed by atoms with E-state index in [2.05, 4.69) is 5.43 Å². The standard InChI is InChI=1S/C12H12F2N2S/c13-10-2-1-8(11(14)6-10)5-12(16-15)9-3-4-17-7-9/h1-4,6-7,12,16H,5,15H2. The summed E-state index contributed by atoms with van der Waals surface area (Å²) in [6.45, 7) is 0. The fourth-order valence-electron chi connectivity index (χ4n) is 1.65. The molecule has 5 heteroatoms. The Bertz CT molecular complexity index is 485. The van der Waals surface area contributed by atoms with Crippen molar-refractivity contribution in [3.8, 4) is 0 Å². The van der Waals surface area contributed by atoms with Crippen LogP contribution in [-0.2, 0) is 6.42 Å². The van der Waals surface area contributed by atoms with Gasteiger partial charge in [0.05, 0.1) is 6.04 Å². The molecule has 90 valence electrons. The maximum atomic E-state index is 13.5. The lowest BCUT2D eigenvalue weighted by Crippen LogP contribution is -2.29. The molecule has 17 heavy (non-hydrogen) atoms. The lowest BCUT2D eigenvalue weighted by atomic mass is 10.0. The van der Waals surface area contributed by atoms with Gasteiger partial charge in [0, 0.05) is 6.07 Å². The molecule has 0 fully saturated rings. The second kappa shape index (κ2) is 5.35. The molecule has 1 heterocycles. The van der Waals surface area contributed by atoms with Crippen LogP contribution in [-0.4, -0.2) is 0 Å². The van der Waals surface area contributed by atoms with E-state index in [1.807, 2.05) is 16.8 Å². The fourth-order valence-corrected chi connectivity index (χ4v) is 2.37. The Morgan fingerprint density at radius 1 is 1.29 bits per heavy atom. The molecule has 1 aromatic heterocycles. The summed E-state index contributed by atoms with van der Waals surface area (Å²) in [5, 5.41) is 3.88. The molecule has 2 rings (SSSR count). The molecule has 0 saturated carbocycles. The molecule has 2 nitrogen and oxygen atoms in total. The van der Waals surface area contributed by atoms with Gasteiger partial charge in [-0.05, 0) is 40.4 Å². The second-order valence-electron chi connectivity index (χ2n) is 3.72. The first-order chi connectivity index (χ1) is 8.20. The van der Waals surface area contributed by atoms with E-state index in [4.69, 9.17) is 5.84 Å². The van der Waals surface area contributed by atoms with Gasteiger partial charge in [-0.15, -0.1) is 0 Å². The zero-order valence-corrected chi connectivity index (χ0v) is 9.81. The molecule has 0 bridgehead atoms. The number of nitrogens with two attached hydrogens (primary N) is 1. The van der Waals surface area contributed by atoms with Gasteiger partial charge in [-0.3, -0.25) is 11.3 Å². The first-order valence-electron chi connectivity index (χ1n) is 5.13. The van der Waals surface area contributed by atoms with Crippen molar-refractivity contribution in [3.63, 3.8) is 0 Å². The quantitative estimate of drug-likeness (QED) is 0.650. The van der Waals surface area contributed by atoms with Crippen molar-refractivity contribution in [1.82, 2.24) is 5.43 Å². The molecule has 1 unspecified atom stereocenters. The van der Waals surface area contributed by atoms with Crippen molar-refractivity contribution in [1.29, 1.82) is 0 Å². The molecule has 0 amide bonds. The Morgan fingerprint density at radius 3 is 2.71 bits per heavy atom.